The maximum atomic E-state index is 13.2. The van der Waals surface area contributed by atoms with Crippen molar-refractivity contribution in [1.82, 2.24) is 9.88 Å². The number of aromatic nitrogens is 1. The van der Waals surface area contributed by atoms with Crippen LogP contribution in [0.1, 0.15) is 40.2 Å². The molecule has 2 heterocycles. The SMILES string of the molecule is Cc1ccc([C@H]2CCCN(C(=O)c3ccnc(F)c3)C2)cc1. The number of rotatable bonds is 2. The molecule has 0 saturated carbocycles. The molecule has 3 rings (SSSR count). The van der Waals surface area contributed by atoms with Crippen LogP contribution >= 0.6 is 0 Å². The highest BCUT2D eigenvalue weighted by Gasteiger charge is 2.25. The number of benzene rings is 1. The Hall–Kier alpha value is -2.23. The molecule has 3 nitrogen and oxygen atoms in total. The number of nitrogens with zero attached hydrogens (tertiary/aromatic N) is 2. The lowest BCUT2D eigenvalue weighted by Crippen LogP contribution is -2.39. The second-order valence-electron chi connectivity index (χ2n) is 5.87. The van der Waals surface area contributed by atoms with Gasteiger partial charge in [0.1, 0.15) is 0 Å². The number of carbonyl (C=O) groups is 1. The molecule has 1 saturated heterocycles. The van der Waals surface area contributed by atoms with Gasteiger partial charge >= 0.3 is 0 Å². The number of aryl methyl sites for hydroxylation is 1. The quantitative estimate of drug-likeness (QED) is 0.794. The molecule has 1 aromatic heterocycles. The number of carbonyl (C=O) groups excluding carboxylic acids is 1. The van der Waals surface area contributed by atoms with Crippen LogP contribution in [0.5, 0.6) is 0 Å². The van der Waals surface area contributed by atoms with Gasteiger partial charge in [0.15, 0.2) is 0 Å². The maximum absolute atomic E-state index is 13.2. The van der Waals surface area contributed by atoms with E-state index in [1.165, 1.54) is 23.4 Å². The highest BCUT2D eigenvalue weighted by atomic mass is 19.1. The lowest BCUT2D eigenvalue weighted by atomic mass is 9.90. The van der Waals surface area contributed by atoms with Crippen LogP contribution in [0.2, 0.25) is 0 Å². The van der Waals surface area contributed by atoms with Crippen molar-refractivity contribution in [3.63, 3.8) is 0 Å². The molecule has 0 bridgehead atoms. The first-order valence-corrected chi connectivity index (χ1v) is 7.61. The zero-order valence-corrected chi connectivity index (χ0v) is 12.6. The van der Waals surface area contributed by atoms with Crippen LogP contribution in [0.15, 0.2) is 42.6 Å². The van der Waals surface area contributed by atoms with E-state index in [-0.39, 0.29) is 5.91 Å². The fraction of sp³-hybridized carbons (Fsp3) is 0.333. The van der Waals surface area contributed by atoms with E-state index in [2.05, 4.69) is 36.2 Å². The summed E-state index contributed by atoms with van der Waals surface area (Å²) < 4.78 is 13.2. The van der Waals surface area contributed by atoms with Crippen LogP contribution < -0.4 is 0 Å². The van der Waals surface area contributed by atoms with E-state index in [0.717, 1.165) is 19.4 Å². The van der Waals surface area contributed by atoms with Gasteiger partial charge in [-0.2, -0.15) is 4.39 Å². The summed E-state index contributed by atoms with van der Waals surface area (Å²) >= 11 is 0. The Labute approximate surface area is 129 Å². The molecule has 1 atom stereocenters. The third-order valence-corrected chi connectivity index (χ3v) is 4.23. The molecular weight excluding hydrogens is 279 g/mol. The number of pyridine rings is 1. The predicted molar refractivity (Wildman–Crippen MR) is 83.3 cm³/mol. The Balaban J connectivity index is 1.75. The standard InChI is InChI=1S/C18H19FN2O/c1-13-4-6-14(7-5-13)16-3-2-10-21(12-16)18(22)15-8-9-20-17(19)11-15/h4-9,11,16H,2-3,10,12H2,1H3/t16-/m0/s1. The normalized spacial score (nSPS) is 18.3. The first-order valence-electron chi connectivity index (χ1n) is 7.61. The number of likely N-dealkylation sites (tertiary alicyclic amines) is 1. The van der Waals surface area contributed by atoms with Crippen molar-refractivity contribution >= 4 is 5.91 Å². The molecule has 22 heavy (non-hydrogen) atoms. The molecule has 1 aliphatic rings. The predicted octanol–water partition coefficient (Wildman–Crippen LogP) is 3.55. The van der Waals surface area contributed by atoms with Crippen molar-refractivity contribution in [1.29, 1.82) is 0 Å². The van der Waals surface area contributed by atoms with Gasteiger partial charge in [-0.05, 0) is 31.4 Å². The van der Waals surface area contributed by atoms with Gasteiger partial charge in [0, 0.05) is 36.8 Å². The second kappa shape index (κ2) is 6.26. The van der Waals surface area contributed by atoms with Crippen LogP contribution in [0, 0.1) is 12.9 Å². The highest BCUT2D eigenvalue weighted by molar-refractivity contribution is 5.94. The summed E-state index contributed by atoms with van der Waals surface area (Å²) in [4.78, 5) is 17.8. The summed E-state index contributed by atoms with van der Waals surface area (Å²) in [5, 5.41) is 0. The molecule has 0 spiro atoms. The minimum absolute atomic E-state index is 0.113. The smallest absolute Gasteiger partial charge is 0.254 e. The van der Waals surface area contributed by atoms with E-state index in [1.807, 2.05) is 4.90 Å². The minimum atomic E-state index is -0.613. The number of halogens is 1. The summed E-state index contributed by atoms with van der Waals surface area (Å²) in [5.41, 5.74) is 2.88. The summed E-state index contributed by atoms with van der Waals surface area (Å²) in [5.74, 6) is -0.374. The van der Waals surface area contributed by atoms with Crippen molar-refractivity contribution in [2.45, 2.75) is 25.7 Å². The highest BCUT2D eigenvalue weighted by Crippen LogP contribution is 2.28. The molecule has 0 unspecified atom stereocenters. The maximum Gasteiger partial charge on any atom is 0.254 e. The van der Waals surface area contributed by atoms with E-state index in [4.69, 9.17) is 0 Å². The van der Waals surface area contributed by atoms with E-state index in [9.17, 15) is 9.18 Å². The summed E-state index contributed by atoms with van der Waals surface area (Å²) in [6.45, 7) is 3.48. The van der Waals surface area contributed by atoms with Crippen LogP contribution in [0.4, 0.5) is 4.39 Å². The zero-order valence-electron chi connectivity index (χ0n) is 12.6. The van der Waals surface area contributed by atoms with Crippen molar-refractivity contribution in [3.8, 4) is 0 Å². The van der Waals surface area contributed by atoms with Crippen LogP contribution in [-0.2, 0) is 0 Å². The van der Waals surface area contributed by atoms with Gasteiger partial charge in [-0.1, -0.05) is 29.8 Å². The third-order valence-electron chi connectivity index (χ3n) is 4.23. The van der Waals surface area contributed by atoms with Gasteiger partial charge < -0.3 is 4.90 Å². The molecule has 0 radical (unpaired) electrons. The Kier molecular flexibility index (Phi) is 4.18. The molecule has 0 aliphatic carbocycles. The van der Waals surface area contributed by atoms with E-state index >= 15 is 0 Å². The van der Waals surface area contributed by atoms with Gasteiger partial charge in [0.05, 0.1) is 0 Å². The lowest BCUT2D eigenvalue weighted by molar-refractivity contribution is 0.0706. The average Bonchev–Trinajstić information content (AvgIpc) is 2.55. The second-order valence-corrected chi connectivity index (χ2v) is 5.87. The van der Waals surface area contributed by atoms with Crippen LogP contribution in [0.3, 0.4) is 0 Å². The van der Waals surface area contributed by atoms with E-state index < -0.39 is 5.95 Å². The summed E-state index contributed by atoms with van der Waals surface area (Å²) in [6, 6.07) is 11.3. The topological polar surface area (TPSA) is 33.2 Å². The molecule has 1 fully saturated rings. The fourth-order valence-electron chi connectivity index (χ4n) is 2.99. The minimum Gasteiger partial charge on any atom is -0.338 e. The Morgan fingerprint density at radius 3 is 2.77 bits per heavy atom. The van der Waals surface area contributed by atoms with Crippen LogP contribution in [0.25, 0.3) is 0 Å². The Bertz CT molecular complexity index is 669. The van der Waals surface area contributed by atoms with Gasteiger partial charge in [-0.3, -0.25) is 4.79 Å². The number of piperidine rings is 1. The third kappa shape index (κ3) is 3.16. The lowest BCUT2D eigenvalue weighted by Gasteiger charge is -2.33. The number of amides is 1. The molecule has 4 heteroatoms. The van der Waals surface area contributed by atoms with Crippen molar-refractivity contribution < 1.29 is 9.18 Å². The van der Waals surface area contributed by atoms with Crippen molar-refractivity contribution in [2.24, 2.45) is 0 Å². The van der Waals surface area contributed by atoms with Crippen molar-refractivity contribution in [2.75, 3.05) is 13.1 Å². The zero-order chi connectivity index (χ0) is 15.5. The molecule has 1 aliphatic heterocycles. The number of hydrogen-bond donors (Lipinski definition) is 0. The first kappa shape index (κ1) is 14.7. The van der Waals surface area contributed by atoms with Gasteiger partial charge in [-0.15, -0.1) is 0 Å². The summed E-state index contributed by atoms with van der Waals surface area (Å²) in [7, 11) is 0. The largest absolute Gasteiger partial charge is 0.338 e. The monoisotopic (exact) mass is 298 g/mol. The first-order chi connectivity index (χ1) is 10.6. The van der Waals surface area contributed by atoms with E-state index in [1.54, 1.807) is 6.07 Å². The van der Waals surface area contributed by atoms with E-state index in [0.29, 0.717) is 18.0 Å². The molecule has 1 aromatic carbocycles. The molecule has 2 aromatic rings. The molecule has 1 amide bonds. The number of hydrogen-bond acceptors (Lipinski definition) is 2. The molecular formula is C18H19FN2O. The van der Waals surface area contributed by atoms with Crippen molar-refractivity contribution in [3.05, 3.63) is 65.2 Å². The Morgan fingerprint density at radius 1 is 1.27 bits per heavy atom. The average molecular weight is 298 g/mol. The van der Waals surface area contributed by atoms with Crippen LogP contribution in [-0.4, -0.2) is 28.9 Å². The fourth-order valence-corrected chi connectivity index (χ4v) is 2.99. The summed E-state index contributed by atoms with van der Waals surface area (Å²) in [6.07, 6.45) is 3.39. The van der Waals surface area contributed by atoms with Gasteiger partial charge in [0.2, 0.25) is 5.95 Å². The molecule has 0 N–H and O–H groups in total. The Morgan fingerprint density at radius 2 is 2.05 bits per heavy atom. The molecule has 114 valence electrons. The van der Waals surface area contributed by atoms with Gasteiger partial charge in [0.25, 0.3) is 5.91 Å². The van der Waals surface area contributed by atoms with Gasteiger partial charge in [-0.25, -0.2) is 4.98 Å².